The van der Waals surface area contributed by atoms with Crippen LogP contribution in [0.3, 0.4) is 0 Å². The summed E-state index contributed by atoms with van der Waals surface area (Å²) in [5.74, 6) is 1.84. The van der Waals surface area contributed by atoms with Crippen LogP contribution in [0, 0.1) is 0 Å². The van der Waals surface area contributed by atoms with E-state index < -0.39 is 0 Å². The number of benzene rings is 2. The quantitative estimate of drug-likeness (QED) is 0.770. The van der Waals surface area contributed by atoms with Crippen LogP contribution in [-0.2, 0) is 6.54 Å². The highest BCUT2D eigenvalue weighted by molar-refractivity contribution is 6.30. The lowest BCUT2D eigenvalue weighted by Crippen LogP contribution is -1.99. The second-order valence-electron chi connectivity index (χ2n) is 4.60. The monoisotopic (exact) mass is 315 g/mol. The van der Waals surface area contributed by atoms with E-state index in [9.17, 15) is 0 Å². The molecule has 0 fully saturated rings. The smallest absolute Gasteiger partial charge is 0.246 e. The topological polar surface area (TPSA) is 60.2 Å². The van der Waals surface area contributed by atoms with Crippen LogP contribution in [0.2, 0.25) is 5.02 Å². The van der Waals surface area contributed by atoms with Gasteiger partial charge in [0, 0.05) is 16.3 Å². The third-order valence-electron chi connectivity index (χ3n) is 3.08. The Labute approximate surface area is 132 Å². The number of aromatic nitrogens is 2. The Balaban J connectivity index is 1.66. The molecule has 0 amide bonds. The van der Waals surface area contributed by atoms with Gasteiger partial charge < -0.3 is 14.6 Å². The molecular formula is C16H14ClN3O2. The molecule has 0 aliphatic heterocycles. The second kappa shape index (κ2) is 6.49. The van der Waals surface area contributed by atoms with Crippen molar-refractivity contribution in [1.29, 1.82) is 0 Å². The normalized spacial score (nSPS) is 10.5. The Morgan fingerprint density at radius 3 is 2.73 bits per heavy atom. The summed E-state index contributed by atoms with van der Waals surface area (Å²) in [6, 6.07) is 15.0. The fourth-order valence-corrected chi connectivity index (χ4v) is 2.15. The molecule has 112 valence electrons. The van der Waals surface area contributed by atoms with Crippen molar-refractivity contribution in [3.8, 4) is 17.1 Å². The third kappa shape index (κ3) is 3.38. The van der Waals surface area contributed by atoms with Gasteiger partial charge in [-0.3, -0.25) is 0 Å². The molecule has 3 rings (SSSR count). The van der Waals surface area contributed by atoms with E-state index >= 15 is 0 Å². The zero-order valence-corrected chi connectivity index (χ0v) is 12.7. The molecule has 1 heterocycles. The Kier molecular flexibility index (Phi) is 4.25. The van der Waals surface area contributed by atoms with Crippen LogP contribution in [0.5, 0.6) is 5.75 Å². The number of methoxy groups -OCH3 is 1. The maximum Gasteiger partial charge on any atom is 0.246 e. The minimum Gasteiger partial charge on any atom is -0.497 e. The van der Waals surface area contributed by atoms with Crippen LogP contribution in [0.15, 0.2) is 53.1 Å². The van der Waals surface area contributed by atoms with E-state index in [2.05, 4.69) is 15.5 Å². The fraction of sp³-hybridized carbons (Fsp3) is 0.125. The van der Waals surface area contributed by atoms with Crippen LogP contribution in [0.1, 0.15) is 5.89 Å². The summed E-state index contributed by atoms with van der Waals surface area (Å²) >= 11 is 5.96. The van der Waals surface area contributed by atoms with Gasteiger partial charge in [0.1, 0.15) is 5.75 Å². The van der Waals surface area contributed by atoms with Crippen molar-refractivity contribution in [2.24, 2.45) is 0 Å². The number of nitrogens with one attached hydrogen (secondary N) is 1. The largest absolute Gasteiger partial charge is 0.497 e. The van der Waals surface area contributed by atoms with Gasteiger partial charge >= 0.3 is 0 Å². The Morgan fingerprint density at radius 1 is 1.18 bits per heavy atom. The second-order valence-corrected chi connectivity index (χ2v) is 5.04. The maximum absolute atomic E-state index is 5.96. The molecule has 1 N–H and O–H groups in total. The fourth-order valence-electron chi connectivity index (χ4n) is 1.96. The Hall–Kier alpha value is -2.53. The predicted octanol–water partition coefficient (Wildman–Crippen LogP) is 4.01. The number of hydrogen-bond acceptors (Lipinski definition) is 5. The summed E-state index contributed by atoms with van der Waals surface area (Å²) in [6.45, 7) is 0.444. The molecule has 0 bridgehead atoms. The molecule has 6 heteroatoms. The molecule has 22 heavy (non-hydrogen) atoms. The first-order valence-corrected chi connectivity index (χ1v) is 7.09. The van der Waals surface area contributed by atoms with Gasteiger partial charge in [0.25, 0.3) is 0 Å². The molecule has 5 nitrogen and oxygen atoms in total. The van der Waals surface area contributed by atoms with Crippen molar-refractivity contribution in [3.63, 3.8) is 0 Å². The van der Waals surface area contributed by atoms with Gasteiger partial charge in [-0.15, -0.1) is 0 Å². The summed E-state index contributed by atoms with van der Waals surface area (Å²) < 4.78 is 10.3. The standard InChI is InChI=1S/C16H14ClN3O2/c1-21-14-7-5-13(6-8-14)18-10-15-19-16(20-22-15)11-3-2-4-12(17)9-11/h2-9,18H,10H2,1H3. The predicted molar refractivity (Wildman–Crippen MR) is 85.1 cm³/mol. The molecule has 1 aromatic heterocycles. The van der Waals surface area contributed by atoms with E-state index in [1.807, 2.05) is 36.4 Å². The van der Waals surface area contributed by atoms with E-state index in [1.165, 1.54) is 0 Å². The lowest BCUT2D eigenvalue weighted by Gasteiger charge is -2.04. The molecule has 3 aromatic rings. The molecular weight excluding hydrogens is 302 g/mol. The molecule has 0 aliphatic rings. The van der Waals surface area contributed by atoms with Gasteiger partial charge in [-0.2, -0.15) is 4.98 Å². The van der Waals surface area contributed by atoms with Crippen LogP contribution in [0.4, 0.5) is 5.69 Å². The average molecular weight is 316 g/mol. The average Bonchev–Trinajstić information content (AvgIpc) is 3.02. The van der Waals surface area contributed by atoms with Crippen molar-refractivity contribution >= 4 is 17.3 Å². The van der Waals surface area contributed by atoms with Crippen molar-refractivity contribution < 1.29 is 9.26 Å². The number of halogens is 1. The summed E-state index contributed by atoms with van der Waals surface area (Å²) in [5.41, 5.74) is 1.77. The number of ether oxygens (including phenoxy) is 1. The van der Waals surface area contributed by atoms with Gasteiger partial charge in [0.15, 0.2) is 0 Å². The molecule has 2 aromatic carbocycles. The zero-order valence-electron chi connectivity index (χ0n) is 11.9. The molecule has 0 atom stereocenters. The van der Waals surface area contributed by atoms with Crippen LogP contribution >= 0.6 is 11.6 Å². The van der Waals surface area contributed by atoms with E-state index in [0.29, 0.717) is 23.3 Å². The highest BCUT2D eigenvalue weighted by Gasteiger charge is 2.08. The van der Waals surface area contributed by atoms with Crippen molar-refractivity contribution in [2.45, 2.75) is 6.54 Å². The first-order chi connectivity index (χ1) is 10.7. The molecule has 0 saturated carbocycles. The number of anilines is 1. The van der Waals surface area contributed by atoms with Crippen molar-refractivity contribution in [3.05, 3.63) is 59.4 Å². The van der Waals surface area contributed by atoms with Crippen molar-refractivity contribution in [1.82, 2.24) is 10.1 Å². The van der Waals surface area contributed by atoms with E-state index in [0.717, 1.165) is 17.0 Å². The number of rotatable bonds is 5. The van der Waals surface area contributed by atoms with Gasteiger partial charge in [0.2, 0.25) is 11.7 Å². The van der Waals surface area contributed by atoms with E-state index in [1.54, 1.807) is 19.2 Å². The first kappa shape index (κ1) is 14.4. The number of nitrogens with zero attached hydrogens (tertiary/aromatic N) is 2. The minimum absolute atomic E-state index is 0.444. The highest BCUT2D eigenvalue weighted by Crippen LogP contribution is 2.20. The molecule has 0 radical (unpaired) electrons. The Morgan fingerprint density at radius 2 is 2.00 bits per heavy atom. The van der Waals surface area contributed by atoms with Gasteiger partial charge in [-0.1, -0.05) is 28.9 Å². The van der Waals surface area contributed by atoms with Crippen LogP contribution in [0.25, 0.3) is 11.4 Å². The van der Waals surface area contributed by atoms with Crippen LogP contribution in [-0.4, -0.2) is 17.3 Å². The third-order valence-corrected chi connectivity index (χ3v) is 3.32. The lowest BCUT2D eigenvalue weighted by molar-refractivity contribution is 0.384. The summed E-state index contributed by atoms with van der Waals surface area (Å²) in [7, 11) is 1.64. The van der Waals surface area contributed by atoms with Crippen molar-refractivity contribution in [2.75, 3.05) is 12.4 Å². The zero-order chi connectivity index (χ0) is 15.4. The Bertz CT molecular complexity index is 756. The lowest BCUT2D eigenvalue weighted by atomic mass is 10.2. The molecule has 0 aliphatic carbocycles. The molecule has 0 saturated heterocycles. The first-order valence-electron chi connectivity index (χ1n) is 6.71. The maximum atomic E-state index is 5.96. The van der Waals surface area contributed by atoms with E-state index in [4.69, 9.17) is 20.9 Å². The van der Waals surface area contributed by atoms with Crippen LogP contribution < -0.4 is 10.1 Å². The van der Waals surface area contributed by atoms with Gasteiger partial charge in [-0.25, -0.2) is 0 Å². The minimum atomic E-state index is 0.444. The highest BCUT2D eigenvalue weighted by atomic mass is 35.5. The molecule has 0 spiro atoms. The summed E-state index contributed by atoms with van der Waals surface area (Å²) in [4.78, 5) is 4.35. The summed E-state index contributed by atoms with van der Waals surface area (Å²) in [6.07, 6.45) is 0. The molecule has 0 unspecified atom stereocenters. The SMILES string of the molecule is COc1ccc(NCc2nc(-c3cccc(Cl)c3)no2)cc1. The van der Waals surface area contributed by atoms with Gasteiger partial charge in [-0.05, 0) is 36.4 Å². The van der Waals surface area contributed by atoms with Gasteiger partial charge in [0.05, 0.1) is 13.7 Å². The summed E-state index contributed by atoms with van der Waals surface area (Å²) in [5, 5.41) is 7.81. The van der Waals surface area contributed by atoms with E-state index in [-0.39, 0.29) is 0 Å². The number of hydrogen-bond donors (Lipinski definition) is 1.